The lowest BCUT2D eigenvalue weighted by Crippen LogP contribution is -2.12. The van der Waals surface area contributed by atoms with Crippen LogP contribution >= 0.6 is 43.5 Å². The highest BCUT2D eigenvalue weighted by molar-refractivity contribution is 9.10. The van der Waals surface area contributed by atoms with Crippen molar-refractivity contribution in [3.63, 3.8) is 0 Å². The standard InChI is InChI=1S/C10H6Br2ClN3O/c11-5-1-8(14-3-5)10(17)16-6-2-7(12)9(13)15-4-6/h1-4,14H,(H,16,17). The fourth-order valence-electron chi connectivity index (χ4n) is 1.19. The van der Waals surface area contributed by atoms with Crippen LogP contribution in [0.4, 0.5) is 5.69 Å². The highest BCUT2D eigenvalue weighted by Crippen LogP contribution is 2.23. The van der Waals surface area contributed by atoms with Crippen molar-refractivity contribution in [2.75, 3.05) is 5.32 Å². The molecule has 0 fully saturated rings. The van der Waals surface area contributed by atoms with Crippen LogP contribution in [0.2, 0.25) is 5.15 Å². The predicted octanol–water partition coefficient (Wildman–Crippen LogP) is 3.84. The number of amides is 1. The van der Waals surface area contributed by atoms with Gasteiger partial charge >= 0.3 is 0 Å². The molecule has 7 heteroatoms. The van der Waals surface area contributed by atoms with E-state index in [0.29, 0.717) is 21.0 Å². The average molecular weight is 379 g/mol. The van der Waals surface area contributed by atoms with Crippen molar-refractivity contribution < 1.29 is 4.79 Å². The van der Waals surface area contributed by atoms with Crippen LogP contribution in [0.3, 0.4) is 0 Å². The summed E-state index contributed by atoms with van der Waals surface area (Å²) in [7, 11) is 0. The Morgan fingerprint density at radius 1 is 1.41 bits per heavy atom. The number of hydrogen-bond donors (Lipinski definition) is 2. The number of nitrogens with one attached hydrogen (secondary N) is 2. The van der Waals surface area contributed by atoms with Crippen LogP contribution in [0.15, 0.2) is 33.5 Å². The first kappa shape index (κ1) is 12.6. The quantitative estimate of drug-likeness (QED) is 0.779. The Morgan fingerprint density at radius 2 is 2.18 bits per heavy atom. The monoisotopic (exact) mass is 377 g/mol. The van der Waals surface area contributed by atoms with E-state index in [-0.39, 0.29) is 5.91 Å². The maximum atomic E-state index is 11.8. The van der Waals surface area contributed by atoms with E-state index in [4.69, 9.17) is 11.6 Å². The van der Waals surface area contributed by atoms with Gasteiger partial charge in [-0.1, -0.05) is 11.6 Å². The van der Waals surface area contributed by atoms with E-state index >= 15 is 0 Å². The van der Waals surface area contributed by atoms with E-state index in [0.717, 1.165) is 4.47 Å². The Balaban J connectivity index is 2.15. The maximum absolute atomic E-state index is 11.8. The number of aromatic amines is 1. The summed E-state index contributed by atoms with van der Waals surface area (Å²) in [6.45, 7) is 0. The lowest BCUT2D eigenvalue weighted by atomic mass is 10.3. The van der Waals surface area contributed by atoms with Crippen molar-refractivity contribution in [3.05, 3.63) is 44.3 Å². The molecule has 0 spiro atoms. The number of H-pyrrole nitrogens is 1. The van der Waals surface area contributed by atoms with Crippen molar-refractivity contribution in [2.45, 2.75) is 0 Å². The second kappa shape index (κ2) is 5.20. The minimum absolute atomic E-state index is 0.244. The summed E-state index contributed by atoms with van der Waals surface area (Å²) in [6.07, 6.45) is 3.17. The fourth-order valence-corrected chi connectivity index (χ4v) is 1.98. The average Bonchev–Trinajstić information content (AvgIpc) is 2.70. The molecule has 2 heterocycles. The van der Waals surface area contributed by atoms with Crippen LogP contribution in [0, 0.1) is 0 Å². The summed E-state index contributed by atoms with van der Waals surface area (Å²) in [5.74, 6) is -0.244. The molecule has 1 amide bonds. The Labute approximate surface area is 119 Å². The second-order valence-electron chi connectivity index (χ2n) is 3.18. The molecule has 88 valence electrons. The molecule has 2 rings (SSSR count). The minimum Gasteiger partial charge on any atom is -0.356 e. The number of rotatable bonds is 2. The Bertz CT molecular complexity index is 570. The van der Waals surface area contributed by atoms with Gasteiger partial charge in [0, 0.05) is 10.7 Å². The number of carbonyl (C=O) groups is 1. The van der Waals surface area contributed by atoms with Gasteiger partial charge in [0.25, 0.3) is 5.91 Å². The third-order valence-corrected chi connectivity index (χ3v) is 3.54. The first-order chi connectivity index (χ1) is 8.06. The lowest BCUT2D eigenvalue weighted by molar-refractivity contribution is 0.102. The molecule has 0 radical (unpaired) electrons. The summed E-state index contributed by atoms with van der Waals surface area (Å²) in [6, 6.07) is 3.37. The third-order valence-electron chi connectivity index (χ3n) is 1.95. The topological polar surface area (TPSA) is 57.8 Å². The molecule has 4 nitrogen and oxygen atoms in total. The van der Waals surface area contributed by atoms with Crippen LogP contribution in [-0.2, 0) is 0 Å². The third kappa shape index (κ3) is 3.08. The zero-order valence-electron chi connectivity index (χ0n) is 8.30. The lowest BCUT2D eigenvalue weighted by Gasteiger charge is -2.04. The van der Waals surface area contributed by atoms with Gasteiger partial charge in [-0.3, -0.25) is 4.79 Å². The van der Waals surface area contributed by atoms with E-state index in [1.165, 1.54) is 6.20 Å². The van der Waals surface area contributed by atoms with Crippen molar-refractivity contribution >= 4 is 55.1 Å². The Kier molecular flexibility index (Phi) is 3.86. The number of halogens is 3. The van der Waals surface area contributed by atoms with Crippen LogP contribution in [0.1, 0.15) is 10.5 Å². The number of carbonyl (C=O) groups excluding carboxylic acids is 1. The molecule has 2 aromatic heterocycles. The molecule has 17 heavy (non-hydrogen) atoms. The van der Waals surface area contributed by atoms with Crippen molar-refractivity contribution in [1.82, 2.24) is 9.97 Å². The zero-order chi connectivity index (χ0) is 12.4. The van der Waals surface area contributed by atoms with Gasteiger partial charge in [-0.25, -0.2) is 4.98 Å². The smallest absolute Gasteiger partial charge is 0.272 e. The Hall–Kier alpha value is -0.850. The molecule has 0 aliphatic carbocycles. The van der Waals surface area contributed by atoms with Gasteiger partial charge in [-0.05, 0) is 44.0 Å². The van der Waals surface area contributed by atoms with Crippen LogP contribution < -0.4 is 5.32 Å². The van der Waals surface area contributed by atoms with E-state index < -0.39 is 0 Å². The number of hydrogen-bond acceptors (Lipinski definition) is 2. The van der Waals surface area contributed by atoms with Crippen molar-refractivity contribution in [1.29, 1.82) is 0 Å². The first-order valence-electron chi connectivity index (χ1n) is 4.52. The molecule has 0 aliphatic heterocycles. The van der Waals surface area contributed by atoms with Gasteiger partial charge in [-0.15, -0.1) is 0 Å². The number of aromatic nitrogens is 2. The predicted molar refractivity (Wildman–Crippen MR) is 73.4 cm³/mol. The van der Waals surface area contributed by atoms with Gasteiger partial charge in [0.2, 0.25) is 0 Å². The van der Waals surface area contributed by atoms with Crippen molar-refractivity contribution in [2.24, 2.45) is 0 Å². The number of pyridine rings is 1. The van der Waals surface area contributed by atoms with E-state index in [2.05, 4.69) is 47.1 Å². The molecule has 0 unspecified atom stereocenters. The fraction of sp³-hybridized carbons (Fsp3) is 0. The molecular weight excluding hydrogens is 373 g/mol. The van der Waals surface area contributed by atoms with Gasteiger partial charge in [0.05, 0.1) is 16.4 Å². The molecule has 0 saturated carbocycles. The van der Waals surface area contributed by atoms with E-state index in [9.17, 15) is 4.79 Å². The molecule has 0 aliphatic rings. The number of nitrogens with zero attached hydrogens (tertiary/aromatic N) is 1. The van der Waals surface area contributed by atoms with Gasteiger partial charge < -0.3 is 10.3 Å². The highest BCUT2D eigenvalue weighted by Gasteiger charge is 2.09. The molecule has 2 aromatic rings. The van der Waals surface area contributed by atoms with E-state index in [1.54, 1.807) is 18.3 Å². The number of anilines is 1. The molecular formula is C10H6Br2ClN3O. The highest BCUT2D eigenvalue weighted by atomic mass is 79.9. The summed E-state index contributed by atoms with van der Waals surface area (Å²) in [5.41, 5.74) is 1.03. The first-order valence-corrected chi connectivity index (χ1v) is 6.49. The molecule has 0 bridgehead atoms. The summed E-state index contributed by atoms with van der Waals surface area (Å²) >= 11 is 12.2. The molecule has 0 saturated heterocycles. The van der Waals surface area contributed by atoms with E-state index in [1.807, 2.05) is 0 Å². The summed E-state index contributed by atoms with van der Waals surface area (Å²) in [4.78, 5) is 18.5. The second-order valence-corrected chi connectivity index (χ2v) is 5.31. The van der Waals surface area contributed by atoms with Gasteiger partial charge in [-0.2, -0.15) is 0 Å². The van der Waals surface area contributed by atoms with Gasteiger partial charge in [0.1, 0.15) is 10.8 Å². The molecule has 2 N–H and O–H groups in total. The van der Waals surface area contributed by atoms with Crippen LogP contribution in [0.25, 0.3) is 0 Å². The van der Waals surface area contributed by atoms with Crippen molar-refractivity contribution in [3.8, 4) is 0 Å². The molecule has 0 aromatic carbocycles. The maximum Gasteiger partial charge on any atom is 0.272 e. The summed E-state index contributed by atoms with van der Waals surface area (Å²) < 4.78 is 1.45. The van der Waals surface area contributed by atoms with Gasteiger partial charge in [0.15, 0.2) is 0 Å². The van der Waals surface area contributed by atoms with Crippen LogP contribution in [-0.4, -0.2) is 15.9 Å². The largest absolute Gasteiger partial charge is 0.356 e. The summed E-state index contributed by atoms with van der Waals surface area (Å²) in [5, 5.41) is 3.05. The minimum atomic E-state index is -0.244. The normalized spacial score (nSPS) is 10.3. The van der Waals surface area contributed by atoms with Crippen LogP contribution in [0.5, 0.6) is 0 Å². The molecule has 0 atom stereocenters. The Morgan fingerprint density at radius 3 is 2.76 bits per heavy atom. The SMILES string of the molecule is O=C(Nc1cnc(Cl)c(Br)c1)c1cc(Br)c[nH]1. The zero-order valence-corrected chi connectivity index (χ0v) is 12.2.